The van der Waals surface area contributed by atoms with Gasteiger partial charge in [-0.3, -0.25) is 34.4 Å². The standard InChI is InChI=1S/C18H13ClF3NO7.C12H14ClNO2.C3H8NO5P/c1-2-28-16(24)9-29-17(25)12-8-11(4-5-14(12)23(26)27)30-15-6-3-10(7-13(15)19)18(20,21)22;1-12(2)8-16-14(11(12)15)7-9-5-3-4-6-10(9)13;5-3(6)1-4-2-10(7,8)9/h3-8H,2,9H2,1H3;3-6H,7-8H2,1-2H3;4H,1-2H2,(H,5,6)(H2,7,8,9). The highest BCUT2D eigenvalue weighted by Crippen LogP contribution is 2.37. The maximum Gasteiger partial charge on any atom is 0.416 e. The van der Waals surface area contributed by atoms with E-state index in [1.165, 1.54) is 12.0 Å². The van der Waals surface area contributed by atoms with Crippen molar-refractivity contribution in [3.8, 4) is 11.5 Å². The number of esters is 2. The quantitative estimate of drug-likeness (QED) is 0.0646. The number of carboxylic acid groups (broad SMARTS) is 1. The average Bonchev–Trinajstić information content (AvgIpc) is 3.35. The van der Waals surface area contributed by atoms with E-state index in [1.54, 1.807) is 0 Å². The lowest BCUT2D eigenvalue weighted by atomic mass is 9.95. The van der Waals surface area contributed by atoms with Gasteiger partial charge in [0.15, 0.2) is 6.61 Å². The zero-order valence-corrected chi connectivity index (χ0v) is 32.0. The Bertz CT molecular complexity index is 1950. The van der Waals surface area contributed by atoms with Crippen LogP contribution in [0.25, 0.3) is 0 Å². The third-order valence-electron chi connectivity index (χ3n) is 6.75. The molecule has 17 nitrogen and oxygen atoms in total. The highest BCUT2D eigenvalue weighted by atomic mass is 35.5. The zero-order valence-electron chi connectivity index (χ0n) is 29.6. The number of ether oxygens (including phenoxy) is 3. The number of carbonyl (C=O) groups excluding carboxylic acids is 3. The number of nitro benzene ring substituents is 1. The van der Waals surface area contributed by atoms with Crippen molar-refractivity contribution >= 4 is 60.3 Å². The molecule has 4 rings (SSSR count). The molecule has 0 aliphatic carbocycles. The second-order valence-corrected chi connectivity index (χ2v) is 14.3. The summed E-state index contributed by atoms with van der Waals surface area (Å²) >= 11 is 11.8. The van der Waals surface area contributed by atoms with Crippen molar-refractivity contribution < 1.29 is 75.8 Å². The number of benzene rings is 3. The molecular formula is C33H35Cl2F3N3O14P. The van der Waals surface area contributed by atoms with Gasteiger partial charge in [-0.2, -0.15) is 13.2 Å². The molecule has 3 aromatic rings. The summed E-state index contributed by atoms with van der Waals surface area (Å²) in [7, 11) is -4.10. The molecule has 0 saturated carbocycles. The third kappa shape index (κ3) is 15.7. The van der Waals surface area contributed by atoms with Gasteiger partial charge in [-0.15, -0.1) is 0 Å². The minimum Gasteiger partial charge on any atom is -0.480 e. The van der Waals surface area contributed by atoms with Crippen molar-refractivity contribution in [2.45, 2.75) is 33.5 Å². The number of aliphatic carboxylic acids is 1. The molecule has 306 valence electrons. The fourth-order valence-corrected chi connectivity index (χ4v) is 4.92. The molecule has 0 unspecified atom stereocenters. The number of nitro groups is 1. The summed E-state index contributed by atoms with van der Waals surface area (Å²) in [6.45, 7) is 4.97. The molecule has 23 heteroatoms. The van der Waals surface area contributed by atoms with Crippen LogP contribution >= 0.6 is 30.8 Å². The maximum atomic E-state index is 12.7. The molecule has 0 spiro atoms. The summed E-state index contributed by atoms with van der Waals surface area (Å²) in [5.41, 5.74) is -1.69. The molecule has 56 heavy (non-hydrogen) atoms. The van der Waals surface area contributed by atoms with Gasteiger partial charge in [0.1, 0.15) is 17.1 Å². The lowest BCUT2D eigenvalue weighted by Gasteiger charge is -2.16. The first-order chi connectivity index (χ1) is 25.9. The number of hydroxylamine groups is 2. The van der Waals surface area contributed by atoms with Gasteiger partial charge in [0.2, 0.25) is 0 Å². The van der Waals surface area contributed by atoms with Crippen LogP contribution in [0.5, 0.6) is 11.5 Å². The van der Waals surface area contributed by atoms with E-state index in [4.69, 9.17) is 52.4 Å². The lowest BCUT2D eigenvalue weighted by Crippen LogP contribution is -2.30. The number of halogens is 5. The van der Waals surface area contributed by atoms with Crippen molar-refractivity contribution in [2.75, 3.05) is 32.7 Å². The van der Waals surface area contributed by atoms with E-state index in [0.29, 0.717) is 24.2 Å². The average molecular weight is 857 g/mol. The van der Waals surface area contributed by atoms with Crippen LogP contribution in [0.15, 0.2) is 60.7 Å². The van der Waals surface area contributed by atoms with Crippen LogP contribution in [0.2, 0.25) is 10.0 Å². The smallest absolute Gasteiger partial charge is 0.416 e. The molecule has 0 radical (unpaired) electrons. The second-order valence-electron chi connectivity index (χ2n) is 11.8. The number of rotatable bonds is 13. The van der Waals surface area contributed by atoms with E-state index in [2.05, 4.69) is 10.1 Å². The Morgan fingerprint density at radius 1 is 1.05 bits per heavy atom. The molecular weight excluding hydrogens is 821 g/mol. The number of amides is 1. The van der Waals surface area contributed by atoms with Crippen molar-refractivity contribution in [3.63, 3.8) is 0 Å². The van der Waals surface area contributed by atoms with Crippen LogP contribution in [0.4, 0.5) is 18.9 Å². The van der Waals surface area contributed by atoms with E-state index in [-0.39, 0.29) is 29.0 Å². The maximum absolute atomic E-state index is 12.7. The summed E-state index contributed by atoms with van der Waals surface area (Å²) in [5.74, 6) is -3.49. The summed E-state index contributed by atoms with van der Waals surface area (Å²) in [6.07, 6.45) is -5.20. The van der Waals surface area contributed by atoms with Gasteiger partial charge in [0, 0.05) is 17.2 Å². The molecule has 0 bridgehead atoms. The first-order valence-electron chi connectivity index (χ1n) is 15.8. The molecule has 4 N–H and O–H groups in total. The fourth-order valence-electron chi connectivity index (χ4n) is 4.10. The number of alkyl halides is 3. The summed E-state index contributed by atoms with van der Waals surface area (Å²) in [5, 5.41) is 22.9. The van der Waals surface area contributed by atoms with Gasteiger partial charge in [0.25, 0.3) is 11.6 Å². The predicted molar refractivity (Wildman–Crippen MR) is 191 cm³/mol. The number of nitrogens with one attached hydrogen (secondary N) is 1. The van der Waals surface area contributed by atoms with E-state index >= 15 is 0 Å². The number of hydrogen-bond donors (Lipinski definition) is 4. The molecule has 1 aliphatic heterocycles. The van der Waals surface area contributed by atoms with E-state index < -0.39 is 78.3 Å². The zero-order chi connectivity index (χ0) is 42.4. The van der Waals surface area contributed by atoms with Gasteiger partial charge in [-0.25, -0.2) is 14.7 Å². The Morgan fingerprint density at radius 2 is 1.71 bits per heavy atom. The van der Waals surface area contributed by atoms with Gasteiger partial charge in [0.05, 0.1) is 53.5 Å². The van der Waals surface area contributed by atoms with Crippen LogP contribution in [-0.4, -0.2) is 81.3 Å². The molecule has 3 aromatic carbocycles. The summed E-state index contributed by atoms with van der Waals surface area (Å²) in [6, 6.07) is 12.8. The first-order valence-corrected chi connectivity index (χ1v) is 18.3. The minimum atomic E-state index is -4.61. The van der Waals surface area contributed by atoms with Gasteiger partial charge < -0.3 is 29.1 Å². The van der Waals surface area contributed by atoms with Crippen molar-refractivity contribution in [1.82, 2.24) is 10.4 Å². The third-order valence-corrected chi connectivity index (χ3v) is 8.05. The molecule has 1 amide bonds. The van der Waals surface area contributed by atoms with Gasteiger partial charge in [-0.1, -0.05) is 41.4 Å². The highest BCUT2D eigenvalue weighted by Gasteiger charge is 2.40. The van der Waals surface area contributed by atoms with Gasteiger partial charge in [-0.05, 0) is 56.7 Å². The molecule has 1 aliphatic rings. The fraction of sp³-hybridized carbons (Fsp3) is 0.333. The Hall–Kier alpha value is -4.82. The molecule has 1 fully saturated rings. The number of hydrogen-bond acceptors (Lipinski definition) is 12. The van der Waals surface area contributed by atoms with Crippen molar-refractivity contribution in [2.24, 2.45) is 5.41 Å². The first kappa shape index (κ1) is 47.3. The van der Waals surface area contributed by atoms with Crippen molar-refractivity contribution in [3.05, 3.63) is 97.5 Å². The Morgan fingerprint density at radius 3 is 2.23 bits per heavy atom. The monoisotopic (exact) mass is 855 g/mol. The molecule has 0 aromatic heterocycles. The highest BCUT2D eigenvalue weighted by molar-refractivity contribution is 7.51. The largest absolute Gasteiger partial charge is 0.480 e. The predicted octanol–water partition coefficient (Wildman–Crippen LogP) is 6.22. The Balaban J connectivity index is 0.000000344. The van der Waals surface area contributed by atoms with Crippen LogP contribution in [0, 0.1) is 15.5 Å². The summed E-state index contributed by atoms with van der Waals surface area (Å²) in [4.78, 5) is 77.2. The van der Waals surface area contributed by atoms with Crippen LogP contribution in [0.1, 0.15) is 42.3 Å². The topological polar surface area (TPSA) is 241 Å². The minimum absolute atomic E-state index is 0.00687. The molecule has 0 atom stereocenters. The normalized spacial score (nSPS) is 13.4. The van der Waals surface area contributed by atoms with Gasteiger partial charge >= 0.3 is 31.7 Å². The van der Waals surface area contributed by atoms with Crippen LogP contribution in [-0.2, 0) is 46.0 Å². The van der Waals surface area contributed by atoms with E-state index in [0.717, 1.165) is 35.9 Å². The van der Waals surface area contributed by atoms with Crippen LogP contribution in [0.3, 0.4) is 0 Å². The lowest BCUT2D eigenvalue weighted by molar-refractivity contribution is -0.385. The van der Waals surface area contributed by atoms with E-state index in [9.17, 15) is 47.0 Å². The van der Waals surface area contributed by atoms with Crippen molar-refractivity contribution in [1.29, 1.82) is 0 Å². The Labute approximate surface area is 326 Å². The summed E-state index contributed by atoms with van der Waals surface area (Å²) < 4.78 is 62.8. The SMILES string of the molecule is CC1(C)CON(Cc2ccccc2Cl)C1=O.CCOC(=O)COC(=O)c1cc(Oc2ccc(C(F)(F)F)cc2Cl)ccc1[N+](=O)[O-].O=C(O)CNCP(=O)(O)O. The number of carbonyl (C=O) groups is 4. The molecule has 1 saturated heterocycles. The number of carboxylic acids is 1. The second kappa shape index (κ2) is 20.9. The van der Waals surface area contributed by atoms with Crippen LogP contribution < -0.4 is 10.1 Å². The molecule has 1 heterocycles. The Kier molecular flexibility index (Phi) is 17.7. The van der Waals surface area contributed by atoms with E-state index in [1.807, 2.05) is 38.1 Å². The number of nitrogens with zero attached hydrogens (tertiary/aromatic N) is 2.